The molecule has 0 aliphatic rings. The molecule has 2 N–H and O–H groups in total. The van der Waals surface area contributed by atoms with Crippen LogP contribution in [0.5, 0.6) is 0 Å². The lowest BCUT2D eigenvalue weighted by atomic mass is 10.0. The fourth-order valence-electron chi connectivity index (χ4n) is 2.02. The summed E-state index contributed by atoms with van der Waals surface area (Å²) < 4.78 is 11.0. The molecule has 0 saturated heterocycles. The minimum Gasteiger partial charge on any atom is -0.367 e. The van der Waals surface area contributed by atoms with Gasteiger partial charge in [-0.2, -0.15) is 4.98 Å². The van der Waals surface area contributed by atoms with Gasteiger partial charge in [0.2, 0.25) is 11.7 Å². The Morgan fingerprint density at radius 1 is 1.30 bits per heavy atom. The number of hydrogen-bond donors (Lipinski definition) is 1. The number of rotatable bonds is 6. The topological polar surface area (TPSA) is 74.2 Å². The van der Waals surface area contributed by atoms with Crippen LogP contribution >= 0.6 is 0 Å². The highest BCUT2D eigenvalue weighted by Crippen LogP contribution is 2.28. The molecule has 1 aromatic carbocycles. The standard InChI is InChI=1S/C15H21N3O2/c1-4-15(3,19-5-2)14-17-13(20-18-14)12(16)11-9-7-6-8-10-11/h6-10,12H,4-5,16H2,1-3H3/t12-,15?/m0/s1. The van der Waals surface area contributed by atoms with Crippen molar-refractivity contribution >= 4 is 0 Å². The van der Waals surface area contributed by atoms with Crippen molar-refractivity contribution in [2.24, 2.45) is 5.73 Å². The van der Waals surface area contributed by atoms with Crippen molar-refractivity contribution in [1.29, 1.82) is 0 Å². The maximum atomic E-state index is 6.15. The van der Waals surface area contributed by atoms with E-state index in [2.05, 4.69) is 10.1 Å². The molecule has 108 valence electrons. The van der Waals surface area contributed by atoms with Gasteiger partial charge in [0, 0.05) is 6.61 Å². The second-order valence-electron chi connectivity index (χ2n) is 4.86. The normalized spacial score (nSPS) is 15.8. The van der Waals surface area contributed by atoms with Crippen molar-refractivity contribution in [3.8, 4) is 0 Å². The fraction of sp³-hybridized carbons (Fsp3) is 0.467. The van der Waals surface area contributed by atoms with Gasteiger partial charge in [-0.3, -0.25) is 0 Å². The summed E-state index contributed by atoms with van der Waals surface area (Å²) in [5.41, 5.74) is 6.56. The van der Waals surface area contributed by atoms with E-state index in [1.165, 1.54) is 0 Å². The largest absolute Gasteiger partial charge is 0.367 e. The third kappa shape index (κ3) is 2.89. The van der Waals surface area contributed by atoms with E-state index in [4.69, 9.17) is 15.0 Å². The molecule has 0 spiro atoms. The van der Waals surface area contributed by atoms with Crippen LogP contribution in [-0.2, 0) is 10.3 Å². The lowest BCUT2D eigenvalue weighted by Gasteiger charge is -2.23. The molecule has 1 unspecified atom stereocenters. The van der Waals surface area contributed by atoms with Crippen LogP contribution in [0.25, 0.3) is 0 Å². The molecule has 2 atom stereocenters. The third-order valence-electron chi connectivity index (χ3n) is 3.48. The molecule has 0 amide bonds. The molecule has 0 bridgehead atoms. The summed E-state index contributed by atoms with van der Waals surface area (Å²) in [6.45, 7) is 6.53. The van der Waals surface area contributed by atoms with Crippen LogP contribution in [0.3, 0.4) is 0 Å². The number of hydrogen-bond acceptors (Lipinski definition) is 5. The average Bonchev–Trinajstić information content (AvgIpc) is 2.98. The Morgan fingerprint density at radius 3 is 2.60 bits per heavy atom. The number of ether oxygens (including phenoxy) is 1. The summed E-state index contributed by atoms with van der Waals surface area (Å²) >= 11 is 0. The number of nitrogens with two attached hydrogens (primary N) is 1. The van der Waals surface area contributed by atoms with Crippen molar-refractivity contribution in [2.45, 2.75) is 38.8 Å². The Kier molecular flexibility index (Phi) is 4.52. The maximum absolute atomic E-state index is 6.15. The van der Waals surface area contributed by atoms with E-state index in [1.807, 2.05) is 51.1 Å². The van der Waals surface area contributed by atoms with E-state index >= 15 is 0 Å². The smallest absolute Gasteiger partial charge is 0.248 e. The van der Waals surface area contributed by atoms with Crippen molar-refractivity contribution in [3.63, 3.8) is 0 Å². The Balaban J connectivity index is 2.24. The monoisotopic (exact) mass is 275 g/mol. The van der Waals surface area contributed by atoms with Crippen LogP contribution in [0.1, 0.15) is 50.5 Å². The first-order chi connectivity index (χ1) is 9.60. The zero-order chi connectivity index (χ0) is 14.6. The molecule has 5 heteroatoms. The zero-order valence-electron chi connectivity index (χ0n) is 12.2. The van der Waals surface area contributed by atoms with Crippen LogP contribution in [-0.4, -0.2) is 16.7 Å². The van der Waals surface area contributed by atoms with Crippen LogP contribution in [0, 0.1) is 0 Å². The molecule has 1 heterocycles. The predicted octanol–water partition coefficient (Wildman–Crippen LogP) is 2.78. The zero-order valence-corrected chi connectivity index (χ0v) is 12.2. The Bertz CT molecular complexity index is 541. The Labute approximate surface area is 119 Å². The molecule has 0 aliphatic carbocycles. The second kappa shape index (κ2) is 6.15. The van der Waals surface area contributed by atoms with Gasteiger partial charge in [-0.05, 0) is 25.8 Å². The van der Waals surface area contributed by atoms with E-state index < -0.39 is 11.6 Å². The molecule has 20 heavy (non-hydrogen) atoms. The predicted molar refractivity (Wildman–Crippen MR) is 76.0 cm³/mol. The lowest BCUT2D eigenvalue weighted by molar-refractivity contribution is -0.0403. The summed E-state index contributed by atoms with van der Waals surface area (Å²) in [6.07, 6.45) is 0.764. The highest BCUT2D eigenvalue weighted by Gasteiger charge is 2.31. The summed E-state index contributed by atoms with van der Waals surface area (Å²) in [7, 11) is 0. The van der Waals surface area contributed by atoms with Crippen molar-refractivity contribution in [3.05, 3.63) is 47.6 Å². The highest BCUT2D eigenvalue weighted by molar-refractivity contribution is 5.23. The number of nitrogens with zero attached hydrogens (tertiary/aromatic N) is 2. The minimum absolute atomic E-state index is 0.408. The van der Waals surface area contributed by atoms with Crippen LogP contribution in [0.2, 0.25) is 0 Å². The minimum atomic E-state index is -0.535. The van der Waals surface area contributed by atoms with Gasteiger partial charge in [-0.1, -0.05) is 42.4 Å². The van der Waals surface area contributed by atoms with E-state index in [1.54, 1.807) is 0 Å². The molecule has 0 aliphatic heterocycles. The molecular weight excluding hydrogens is 254 g/mol. The van der Waals surface area contributed by atoms with Gasteiger partial charge < -0.3 is 15.0 Å². The first-order valence-corrected chi connectivity index (χ1v) is 6.89. The highest BCUT2D eigenvalue weighted by atomic mass is 16.5. The van der Waals surface area contributed by atoms with Gasteiger partial charge in [-0.15, -0.1) is 0 Å². The van der Waals surface area contributed by atoms with Gasteiger partial charge >= 0.3 is 0 Å². The van der Waals surface area contributed by atoms with E-state index in [0.717, 1.165) is 12.0 Å². The Hall–Kier alpha value is -1.72. The lowest BCUT2D eigenvalue weighted by Crippen LogP contribution is -2.26. The van der Waals surface area contributed by atoms with Crippen molar-refractivity contribution in [1.82, 2.24) is 10.1 Å². The number of aromatic nitrogens is 2. The number of benzene rings is 1. The quantitative estimate of drug-likeness (QED) is 0.877. The van der Waals surface area contributed by atoms with Crippen molar-refractivity contribution in [2.75, 3.05) is 6.61 Å². The molecule has 1 aromatic heterocycles. The van der Waals surface area contributed by atoms with E-state index in [9.17, 15) is 0 Å². The average molecular weight is 275 g/mol. The van der Waals surface area contributed by atoms with Crippen LogP contribution < -0.4 is 5.73 Å². The summed E-state index contributed by atoms with van der Waals surface area (Å²) in [4.78, 5) is 4.42. The van der Waals surface area contributed by atoms with Gasteiger partial charge in [-0.25, -0.2) is 0 Å². The van der Waals surface area contributed by atoms with Gasteiger partial charge in [0.1, 0.15) is 11.6 Å². The molecular formula is C15H21N3O2. The molecule has 0 saturated carbocycles. The summed E-state index contributed by atoms with van der Waals surface area (Å²) in [6, 6.07) is 9.27. The summed E-state index contributed by atoms with van der Waals surface area (Å²) in [5, 5.41) is 4.03. The molecule has 2 rings (SSSR count). The second-order valence-corrected chi connectivity index (χ2v) is 4.86. The van der Waals surface area contributed by atoms with E-state index in [0.29, 0.717) is 18.3 Å². The molecule has 0 fully saturated rings. The fourth-order valence-corrected chi connectivity index (χ4v) is 2.02. The maximum Gasteiger partial charge on any atom is 0.248 e. The first-order valence-electron chi connectivity index (χ1n) is 6.89. The third-order valence-corrected chi connectivity index (χ3v) is 3.48. The van der Waals surface area contributed by atoms with E-state index in [-0.39, 0.29) is 0 Å². The van der Waals surface area contributed by atoms with Gasteiger partial charge in [0.25, 0.3) is 0 Å². The van der Waals surface area contributed by atoms with Crippen molar-refractivity contribution < 1.29 is 9.26 Å². The molecule has 2 aromatic rings. The van der Waals surface area contributed by atoms with Gasteiger partial charge in [0.05, 0.1) is 0 Å². The molecule has 5 nitrogen and oxygen atoms in total. The Morgan fingerprint density at radius 2 is 2.00 bits per heavy atom. The van der Waals surface area contributed by atoms with Gasteiger partial charge in [0.15, 0.2) is 0 Å². The summed E-state index contributed by atoms with van der Waals surface area (Å²) in [5.74, 6) is 0.953. The molecule has 0 radical (unpaired) electrons. The first kappa shape index (κ1) is 14.7. The SMILES string of the molecule is CCOC(C)(CC)c1noc([C@@H](N)c2ccccc2)n1. The van der Waals surface area contributed by atoms with Crippen LogP contribution in [0.4, 0.5) is 0 Å². The van der Waals surface area contributed by atoms with Crippen LogP contribution in [0.15, 0.2) is 34.9 Å².